The number of hydrogen-bond acceptors (Lipinski definition) is 4. The van der Waals surface area contributed by atoms with E-state index in [0.29, 0.717) is 18.5 Å². The smallest absolute Gasteiger partial charge is 0.401 e. The van der Waals surface area contributed by atoms with E-state index < -0.39 is 30.4 Å². The molecule has 0 radical (unpaired) electrons. The van der Waals surface area contributed by atoms with Gasteiger partial charge in [-0.05, 0) is 31.9 Å². The summed E-state index contributed by atoms with van der Waals surface area (Å²) in [4.78, 5) is 27.3. The standard InChI is InChI=1S/C14H17F3N2O3/c1-9-2-3-11(12(20)18-9)13(21)22-10-4-6-19(7-5-10)8-14(15,16)17/h2-3,10H,4-8H2,1H3,(H,18,20). The number of pyridine rings is 1. The number of halogens is 3. The van der Waals surface area contributed by atoms with Gasteiger partial charge < -0.3 is 9.72 Å². The normalized spacial score (nSPS) is 17.5. The van der Waals surface area contributed by atoms with Crippen LogP contribution in [0, 0.1) is 6.92 Å². The first-order valence-electron chi connectivity index (χ1n) is 6.94. The van der Waals surface area contributed by atoms with Gasteiger partial charge in [0.2, 0.25) is 0 Å². The number of ether oxygens (including phenoxy) is 1. The number of alkyl halides is 3. The minimum absolute atomic E-state index is 0.0941. The number of aromatic nitrogens is 1. The fourth-order valence-electron chi connectivity index (χ4n) is 2.39. The second-order valence-corrected chi connectivity index (χ2v) is 5.38. The molecule has 0 bridgehead atoms. The Morgan fingerprint density at radius 2 is 2.00 bits per heavy atom. The molecule has 0 aromatic carbocycles. The minimum Gasteiger partial charge on any atom is -0.459 e. The van der Waals surface area contributed by atoms with Crippen molar-refractivity contribution in [2.24, 2.45) is 0 Å². The molecule has 0 aliphatic carbocycles. The van der Waals surface area contributed by atoms with Crippen molar-refractivity contribution in [3.8, 4) is 0 Å². The van der Waals surface area contributed by atoms with Crippen LogP contribution in [0.15, 0.2) is 16.9 Å². The lowest BCUT2D eigenvalue weighted by Crippen LogP contribution is -2.42. The maximum Gasteiger partial charge on any atom is 0.401 e. The van der Waals surface area contributed by atoms with Crippen LogP contribution < -0.4 is 5.56 Å². The summed E-state index contributed by atoms with van der Waals surface area (Å²) in [5, 5.41) is 0. The molecule has 1 N–H and O–H groups in total. The number of H-pyrrole nitrogens is 1. The fraction of sp³-hybridized carbons (Fsp3) is 0.571. The maximum absolute atomic E-state index is 12.3. The fourth-order valence-corrected chi connectivity index (χ4v) is 2.39. The van der Waals surface area contributed by atoms with Gasteiger partial charge in [0.15, 0.2) is 0 Å². The van der Waals surface area contributed by atoms with Crippen LogP contribution in [0.25, 0.3) is 0 Å². The summed E-state index contributed by atoms with van der Waals surface area (Å²) in [5.41, 5.74) is 0.00448. The molecule has 5 nitrogen and oxygen atoms in total. The number of carbonyl (C=O) groups is 1. The number of aryl methyl sites for hydroxylation is 1. The third kappa shape index (κ3) is 4.59. The average molecular weight is 318 g/mol. The van der Waals surface area contributed by atoms with Gasteiger partial charge in [-0.3, -0.25) is 9.69 Å². The van der Waals surface area contributed by atoms with E-state index in [1.807, 2.05) is 0 Å². The van der Waals surface area contributed by atoms with Crippen LogP contribution in [0.3, 0.4) is 0 Å². The van der Waals surface area contributed by atoms with E-state index in [9.17, 15) is 22.8 Å². The Bertz CT molecular complexity index is 590. The van der Waals surface area contributed by atoms with Gasteiger partial charge in [0.1, 0.15) is 11.7 Å². The Morgan fingerprint density at radius 1 is 1.36 bits per heavy atom. The van der Waals surface area contributed by atoms with Gasteiger partial charge in [0, 0.05) is 18.8 Å². The summed E-state index contributed by atoms with van der Waals surface area (Å²) in [6, 6.07) is 2.97. The van der Waals surface area contributed by atoms with Gasteiger partial charge in [0.05, 0.1) is 6.54 Å². The lowest BCUT2D eigenvalue weighted by molar-refractivity contribution is -0.150. The summed E-state index contributed by atoms with van der Waals surface area (Å²) >= 11 is 0. The number of carbonyl (C=O) groups excluding carboxylic acids is 1. The number of hydrogen-bond donors (Lipinski definition) is 1. The number of nitrogens with one attached hydrogen (secondary N) is 1. The molecule has 1 aromatic rings. The number of likely N-dealkylation sites (tertiary alicyclic amines) is 1. The molecule has 122 valence electrons. The number of esters is 1. The molecule has 8 heteroatoms. The molecular weight excluding hydrogens is 301 g/mol. The third-order valence-corrected chi connectivity index (χ3v) is 3.49. The van der Waals surface area contributed by atoms with Gasteiger partial charge in [-0.1, -0.05) is 0 Å². The van der Waals surface area contributed by atoms with Crippen LogP contribution in [0.4, 0.5) is 13.2 Å². The van der Waals surface area contributed by atoms with E-state index in [0.717, 1.165) is 0 Å². The maximum atomic E-state index is 12.3. The molecule has 1 fully saturated rings. The number of nitrogens with zero attached hydrogens (tertiary/aromatic N) is 1. The van der Waals surface area contributed by atoms with E-state index in [-0.39, 0.29) is 18.7 Å². The number of aromatic amines is 1. The van der Waals surface area contributed by atoms with Crippen molar-refractivity contribution in [2.75, 3.05) is 19.6 Å². The van der Waals surface area contributed by atoms with Gasteiger partial charge >= 0.3 is 12.1 Å². The van der Waals surface area contributed by atoms with Crippen molar-refractivity contribution in [1.82, 2.24) is 9.88 Å². The van der Waals surface area contributed by atoms with E-state index >= 15 is 0 Å². The van der Waals surface area contributed by atoms with Crippen LogP contribution >= 0.6 is 0 Å². The minimum atomic E-state index is -4.22. The van der Waals surface area contributed by atoms with Crippen LogP contribution in [0.1, 0.15) is 28.9 Å². The first-order valence-corrected chi connectivity index (χ1v) is 6.94. The van der Waals surface area contributed by atoms with Gasteiger partial charge in [-0.2, -0.15) is 13.2 Å². The first kappa shape index (κ1) is 16.5. The Morgan fingerprint density at radius 3 is 2.55 bits per heavy atom. The Hall–Kier alpha value is -1.83. The molecule has 0 saturated carbocycles. The molecule has 2 rings (SSSR count). The summed E-state index contributed by atoms with van der Waals surface area (Å²) in [5.74, 6) is -0.740. The Kier molecular flexibility index (Phi) is 4.90. The SMILES string of the molecule is Cc1ccc(C(=O)OC2CCN(CC(F)(F)F)CC2)c(=O)[nH]1. The van der Waals surface area contributed by atoms with Crippen molar-refractivity contribution in [3.63, 3.8) is 0 Å². The third-order valence-electron chi connectivity index (χ3n) is 3.49. The van der Waals surface area contributed by atoms with Gasteiger partial charge in [-0.15, -0.1) is 0 Å². The molecule has 1 aliphatic heterocycles. The second-order valence-electron chi connectivity index (χ2n) is 5.38. The number of rotatable bonds is 3. The predicted octanol–water partition coefficient (Wildman–Crippen LogP) is 1.87. The molecule has 1 saturated heterocycles. The Balaban J connectivity index is 1.88. The molecule has 1 aromatic heterocycles. The Labute approximate surface area is 125 Å². The average Bonchev–Trinajstić information content (AvgIpc) is 2.39. The van der Waals surface area contributed by atoms with Gasteiger partial charge in [-0.25, -0.2) is 4.79 Å². The molecule has 0 spiro atoms. The van der Waals surface area contributed by atoms with Crippen LogP contribution in [-0.4, -0.2) is 47.8 Å². The van der Waals surface area contributed by atoms with Gasteiger partial charge in [0.25, 0.3) is 5.56 Å². The van der Waals surface area contributed by atoms with Crippen molar-refractivity contribution in [1.29, 1.82) is 0 Å². The first-order chi connectivity index (χ1) is 10.2. The summed E-state index contributed by atoms with van der Waals surface area (Å²) in [6.07, 6.45) is -4.03. The molecule has 1 aliphatic rings. The van der Waals surface area contributed by atoms with E-state index in [1.54, 1.807) is 13.0 Å². The van der Waals surface area contributed by atoms with Crippen molar-refractivity contribution >= 4 is 5.97 Å². The predicted molar refractivity (Wildman–Crippen MR) is 72.7 cm³/mol. The summed E-state index contributed by atoms with van der Waals surface area (Å²) < 4.78 is 42.1. The van der Waals surface area contributed by atoms with E-state index in [2.05, 4.69) is 4.98 Å². The lowest BCUT2D eigenvalue weighted by atomic mass is 10.1. The van der Waals surface area contributed by atoms with E-state index in [4.69, 9.17) is 4.74 Å². The zero-order chi connectivity index (χ0) is 16.3. The zero-order valence-corrected chi connectivity index (χ0v) is 12.1. The quantitative estimate of drug-likeness (QED) is 0.864. The lowest BCUT2D eigenvalue weighted by Gasteiger charge is -2.31. The highest BCUT2D eigenvalue weighted by atomic mass is 19.4. The highest BCUT2D eigenvalue weighted by molar-refractivity contribution is 5.89. The zero-order valence-electron chi connectivity index (χ0n) is 12.1. The summed E-state index contributed by atoms with van der Waals surface area (Å²) in [6.45, 7) is 1.15. The highest BCUT2D eigenvalue weighted by Gasteiger charge is 2.33. The van der Waals surface area contributed by atoms with Crippen molar-refractivity contribution < 1.29 is 22.7 Å². The second kappa shape index (κ2) is 6.51. The van der Waals surface area contributed by atoms with Crippen LogP contribution in [0.5, 0.6) is 0 Å². The molecule has 0 amide bonds. The number of piperidine rings is 1. The largest absolute Gasteiger partial charge is 0.459 e. The molecule has 0 unspecified atom stereocenters. The monoisotopic (exact) mass is 318 g/mol. The topological polar surface area (TPSA) is 62.4 Å². The molecular formula is C14H17F3N2O3. The highest BCUT2D eigenvalue weighted by Crippen LogP contribution is 2.21. The summed E-state index contributed by atoms with van der Waals surface area (Å²) in [7, 11) is 0. The molecule has 22 heavy (non-hydrogen) atoms. The molecule has 0 atom stereocenters. The van der Waals surface area contributed by atoms with Crippen molar-refractivity contribution in [2.45, 2.75) is 32.0 Å². The van der Waals surface area contributed by atoms with Crippen LogP contribution in [0.2, 0.25) is 0 Å². The van der Waals surface area contributed by atoms with Crippen molar-refractivity contribution in [3.05, 3.63) is 33.7 Å². The van der Waals surface area contributed by atoms with E-state index in [1.165, 1.54) is 11.0 Å². The van der Waals surface area contributed by atoms with Crippen LogP contribution in [-0.2, 0) is 4.74 Å². The molecule has 2 heterocycles.